The quantitative estimate of drug-likeness (QED) is 0.697. The number of hydrogen-bond acceptors (Lipinski definition) is 2. The fourth-order valence-corrected chi connectivity index (χ4v) is 1.45. The predicted molar refractivity (Wildman–Crippen MR) is 55.6 cm³/mol. The molecule has 0 saturated carbocycles. The molecule has 1 amide bonds. The first-order valence-electron chi connectivity index (χ1n) is 4.99. The highest BCUT2D eigenvalue weighted by atomic mass is 16.2. The van der Waals surface area contributed by atoms with Crippen LogP contribution in [0.4, 0.5) is 0 Å². The molecule has 0 rings (SSSR count). The third-order valence-corrected chi connectivity index (χ3v) is 2.18. The van der Waals surface area contributed by atoms with Gasteiger partial charge < -0.3 is 10.2 Å². The topological polar surface area (TPSA) is 32.3 Å². The highest BCUT2D eigenvalue weighted by Crippen LogP contribution is 2.05. The van der Waals surface area contributed by atoms with E-state index in [-0.39, 0.29) is 11.8 Å². The third-order valence-electron chi connectivity index (χ3n) is 2.18. The van der Waals surface area contributed by atoms with Gasteiger partial charge in [0, 0.05) is 25.0 Å². The van der Waals surface area contributed by atoms with E-state index >= 15 is 0 Å². The molecule has 0 bridgehead atoms. The average Bonchev–Trinajstić information content (AvgIpc) is 2.05. The maximum atomic E-state index is 11.8. The zero-order valence-electron chi connectivity index (χ0n) is 9.42. The van der Waals surface area contributed by atoms with Crippen LogP contribution in [-0.4, -0.2) is 37.0 Å². The van der Waals surface area contributed by atoms with Crippen molar-refractivity contribution in [2.24, 2.45) is 5.92 Å². The third kappa shape index (κ3) is 3.77. The van der Waals surface area contributed by atoms with Crippen molar-refractivity contribution in [3.63, 3.8) is 0 Å². The lowest BCUT2D eigenvalue weighted by atomic mass is 10.1. The lowest BCUT2D eigenvalue weighted by Crippen LogP contribution is -2.42. The Morgan fingerprint density at radius 3 is 2.23 bits per heavy atom. The summed E-state index contributed by atoms with van der Waals surface area (Å²) in [5, 5.41) is 3.02. The standard InChI is InChI=1S/C10H22N2O/c1-6-12(8(2)3)10(13)9(4)7-11-5/h8-9,11H,6-7H2,1-5H3. The van der Waals surface area contributed by atoms with Crippen molar-refractivity contribution >= 4 is 5.91 Å². The molecule has 0 aliphatic rings. The molecule has 3 heteroatoms. The number of carbonyl (C=O) groups excluding carboxylic acids is 1. The van der Waals surface area contributed by atoms with Crippen molar-refractivity contribution in [1.82, 2.24) is 10.2 Å². The summed E-state index contributed by atoms with van der Waals surface area (Å²) in [6.45, 7) is 9.63. The van der Waals surface area contributed by atoms with E-state index in [0.29, 0.717) is 6.04 Å². The van der Waals surface area contributed by atoms with Gasteiger partial charge in [-0.25, -0.2) is 0 Å². The van der Waals surface area contributed by atoms with Crippen molar-refractivity contribution in [3.05, 3.63) is 0 Å². The Labute approximate surface area is 81.5 Å². The molecule has 0 radical (unpaired) electrons. The first-order valence-corrected chi connectivity index (χ1v) is 4.99. The predicted octanol–water partition coefficient (Wildman–Crippen LogP) is 1.10. The number of nitrogens with one attached hydrogen (secondary N) is 1. The van der Waals surface area contributed by atoms with E-state index in [9.17, 15) is 4.79 Å². The van der Waals surface area contributed by atoms with Crippen LogP contribution in [-0.2, 0) is 4.79 Å². The van der Waals surface area contributed by atoms with Crippen LogP contribution in [0, 0.1) is 5.92 Å². The molecule has 78 valence electrons. The summed E-state index contributed by atoms with van der Waals surface area (Å²) in [5.74, 6) is 0.319. The molecule has 13 heavy (non-hydrogen) atoms. The van der Waals surface area contributed by atoms with Crippen LogP contribution >= 0.6 is 0 Å². The van der Waals surface area contributed by atoms with Crippen molar-refractivity contribution < 1.29 is 4.79 Å². The van der Waals surface area contributed by atoms with Gasteiger partial charge in [-0.2, -0.15) is 0 Å². The summed E-state index contributed by atoms with van der Waals surface area (Å²) in [6.07, 6.45) is 0. The van der Waals surface area contributed by atoms with Gasteiger partial charge >= 0.3 is 0 Å². The largest absolute Gasteiger partial charge is 0.340 e. The zero-order chi connectivity index (χ0) is 10.4. The smallest absolute Gasteiger partial charge is 0.226 e. The number of carbonyl (C=O) groups is 1. The summed E-state index contributed by atoms with van der Waals surface area (Å²) in [4.78, 5) is 13.7. The van der Waals surface area contributed by atoms with E-state index in [1.807, 2.05) is 39.6 Å². The first kappa shape index (κ1) is 12.4. The first-order chi connectivity index (χ1) is 6.04. The number of nitrogens with zero attached hydrogens (tertiary/aromatic N) is 1. The van der Waals surface area contributed by atoms with E-state index in [1.165, 1.54) is 0 Å². The second-order valence-electron chi connectivity index (χ2n) is 3.68. The van der Waals surface area contributed by atoms with Crippen LogP contribution in [0.2, 0.25) is 0 Å². The molecule has 0 spiro atoms. The monoisotopic (exact) mass is 186 g/mol. The summed E-state index contributed by atoms with van der Waals surface area (Å²) in [6, 6.07) is 0.303. The molecule has 1 unspecified atom stereocenters. The fraction of sp³-hybridized carbons (Fsp3) is 0.900. The summed E-state index contributed by atoms with van der Waals surface area (Å²) < 4.78 is 0. The van der Waals surface area contributed by atoms with E-state index < -0.39 is 0 Å². The van der Waals surface area contributed by atoms with E-state index in [4.69, 9.17) is 0 Å². The molecule has 0 aromatic carbocycles. The molecular weight excluding hydrogens is 164 g/mol. The van der Waals surface area contributed by atoms with Crippen LogP contribution < -0.4 is 5.32 Å². The number of rotatable bonds is 5. The molecule has 1 N–H and O–H groups in total. The molecule has 3 nitrogen and oxygen atoms in total. The van der Waals surface area contributed by atoms with Crippen LogP contribution in [0.1, 0.15) is 27.7 Å². The minimum absolute atomic E-state index is 0.0762. The van der Waals surface area contributed by atoms with Crippen molar-refractivity contribution in [2.75, 3.05) is 20.1 Å². The number of amides is 1. The van der Waals surface area contributed by atoms with Crippen molar-refractivity contribution in [1.29, 1.82) is 0 Å². The lowest BCUT2D eigenvalue weighted by Gasteiger charge is -2.28. The fourth-order valence-electron chi connectivity index (χ4n) is 1.45. The Kier molecular flexibility index (Phi) is 5.71. The molecule has 0 aliphatic carbocycles. The average molecular weight is 186 g/mol. The Hall–Kier alpha value is -0.570. The van der Waals surface area contributed by atoms with Gasteiger partial charge in [-0.15, -0.1) is 0 Å². The minimum atomic E-state index is 0.0762. The molecule has 1 atom stereocenters. The molecule has 0 fully saturated rings. The Balaban J connectivity index is 4.19. The Morgan fingerprint density at radius 2 is 1.92 bits per heavy atom. The van der Waals surface area contributed by atoms with Gasteiger partial charge in [0.15, 0.2) is 0 Å². The summed E-state index contributed by atoms with van der Waals surface area (Å²) >= 11 is 0. The second-order valence-corrected chi connectivity index (χ2v) is 3.68. The summed E-state index contributed by atoms with van der Waals surface area (Å²) in [7, 11) is 1.87. The van der Waals surface area contributed by atoms with Gasteiger partial charge in [0.2, 0.25) is 5.91 Å². The highest BCUT2D eigenvalue weighted by molar-refractivity contribution is 5.78. The van der Waals surface area contributed by atoms with Gasteiger partial charge in [0.1, 0.15) is 0 Å². The Bertz CT molecular complexity index is 157. The molecule has 0 aromatic heterocycles. The maximum Gasteiger partial charge on any atom is 0.226 e. The molecular formula is C10H22N2O. The van der Waals surface area contributed by atoms with E-state index in [1.54, 1.807) is 0 Å². The van der Waals surface area contributed by atoms with Gasteiger partial charge in [0.05, 0.1) is 0 Å². The van der Waals surface area contributed by atoms with Gasteiger partial charge in [0.25, 0.3) is 0 Å². The molecule has 0 saturated heterocycles. The van der Waals surface area contributed by atoms with Crippen molar-refractivity contribution in [3.8, 4) is 0 Å². The van der Waals surface area contributed by atoms with Crippen molar-refractivity contribution in [2.45, 2.75) is 33.7 Å². The lowest BCUT2D eigenvalue weighted by molar-refractivity contribution is -0.136. The van der Waals surface area contributed by atoms with Gasteiger partial charge in [-0.05, 0) is 27.8 Å². The second kappa shape index (κ2) is 5.97. The molecule has 0 aliphatic heterocycles. The summed E-state index contributed by atoms with van der Waals surface area (Å²) in [5.41, 5.74) is 0. The maximum absolute atomic E-state index is 11.8. The van der Waals surface area contributed by atoms with E-state index in [0.717, 1.165) is 13.1 Å². The highest BCUT2D eigenvalue weighted by Gasteiger charge is 2.20. The van der Waals surface area contributed by atoms with Crippen LogP contribution in [0.3, 0.4) is 0 Å². The van der Waals surface area contributed by atoms with Crippen LogP contribution in [0.25, 0.3) is 0 Å². The van der Waals surface area contributed by atoms with Crippen LogP contribution in [0.15, 0.2) is 0 Å². The molecule has 0 aromatic rings. The van der Waals surface area contributed by atoms with E-state index in [2.05, 4.69) is 5.32 Å². The zero-order valence-corrected chi connectivity index (χ0v) is 9.42. The van der Waals surface area contributed by atoms with Gasteiger partial charge in [-0.1, -0.05) is 6.92 Å². The normalized spacial score (nSPS) is 13.1. The van der Waals surface area contributed by atoms with Gasteiger partial charge in [-0.3, -0.25) is 4.79 Å². The molecule has 0 heterocycles. The SMILES string of the molecule is CCN(C(=O)C(C)CNC)C(C)C. The number of hydrogen-bond donors (Lipinski definition) is 1. The van der Waals surface area contributed by atoms with Crippen LogP contribution in [0.5, 0.6) is 0 Å². The minimum Gasteiger partial charge on any atom is -0.340 e. The Morgan fingerprint density at radius 1 is 1.38 bits per heavy atom.